The van der Waals surface area contributed by atoms with Crippen LogP contribution in [0.3, 0.4) is 0 Å². The van der Waals surface area contributed by atoms with Crippen molar-refractivity contribution in [3.8, 4) is 0 Å². The van der Waals surface area contributed by atoms with Crippen LogP contribution in [-0.4, -0.2) is 22.4 Å². The molecule has 1 heterocycles. The number of nitrogens with zero attached hydrogens (tertiary/aromatic N) is 2. The minimum Gasteiger partial charge on any atom is -0.336 e. The van der Waals surface area contributed by atoms with E-state index in [-0.39, 0.29) is 6.03 Å². The Morgan fingerprint density at radius 2 is 2.11 bits per heavy atom. The van der Waals surface area contributed by atoms with Gasteiger partial charge in [-0.3, -0.25) is 4.68 Å². The van der Waals surface area contributed by atoms with Crippen molar-refractivity contribution in [3.05, 3.63) is 47.7 Å². The zero-order valence-corrected chi connectivity index (χ0v) is 10.4. The van der Waals surface area contributed by atoms with Crippen LogP contribution in [-0.2, 0) is 6.54 Å². The van der Waals surface area contributed by atoms with E-state index >= 15 is 0 Å². The van der Waals surface area contributed by atoms with Gasteiger partial charge in [0.25, 0.3) is 0 Å². The molecular weight excluding hydrogens is 252 g/mol. The summed E-state index contributed by atoms with van der Waals surface area (Å²) in [6.45, 7) is 1.15. The van der Waals surface area contributed by atoms with Gasteiger partial charge in [0.15, 0.2) is 0 Å². The lowest BCUT2D eigenvalue weighted by atomic mass is 10.3. The largest absolute Gasteiger partial charge is 0.336 e. The molecule has 2 aromatic rings. The number of carbonyl (C=O) groups is 1. The third-order valence-corrected chi connectivity index (χ3v) is 2.54. The second kappa shape index (κ2) is 6.07. The van der Waals surface area contributed by atoms with E-state index in [1.54, 1.807) is 35.1 Å². The summed E-state index contributed by atoms with van der Waals surface area (Å²) < 4.78 is 1.75. The van der Waals surface area contributed by atoms with Gasteiger partial charge in [0.05, 0.1) is 6.54 Å². The van der Waals surface area contributed by atoms with E-state index in [9.17, 15) is 4.79 Å². The number of hydrogen-bond donors (Lipinski definition) is 2. The molecular formula is C12H13ClN4O. The number of carbonyl (C=O) groups excluding carboxylic acids is 1. The van der Waals surface area contributed by atoms with Crippen molar-refractivity contribution in [2.24, 2.45) is 0 Å². The van der Waals surface area contributed by atoms with Gasteiger partial charge < -0.3 is 10.6 Å². The fraction of sp³-hybridized carbons (Fsp3) is 0.167. The lowest BCUT2D eigenvalue weighted by Gasteiger charge is -2.07. The molecule has 6 heteroatoms. The fourth-order valence-corrected chi connectivity index (χ4v) is 1.55. The second-order valence-corrected chi connectivity index (χ2v) is 4.09. The lowest BCUT2D eigenvalue weighted by molar-refractivity contribution is 0.251. The van der Waals surface area contributed by atoms with E-state index in [1.807, 2.05) is 12.3 Å². The number of hydrogen-bond acceptors (Lipinski definition) is 2. The Hall–Kier alpha value is -2.01. The molecule has 0 bridgehead atoms. The topological polar surface area (TPSA) is 59.0 Å². The number of urea groups is 1. The lowest BCUT2D eigenvalue weighted by Crippen LogP contribution is -2.31. The molecule has 5 nitrogen and oxygen atoms in total. The molecule has 0 aliphatic rings. The van der Waals surface area contributed by atoms with Gasteiger partial charge in [-0.15, -0.1) is 0 Å². The van der Waals surface area contributed by atoms with Crippen LogP contribution in [0.15, 0.2) is 42.7 Å². The molecule has 0 radical (unpaired) electrons. The summed E-state index contributed by atoms with van der Waals surface area (Å²) in [5.74, 6) is 0. The van der Waals surface area contributed by atoms with E-state index in [1.165, 1.54) is 0 Å². The number of rotatable bonds is 4. The average molecular weight is 265 g/mol. The van der Waals surface area contributed by atoms with Crippen molar-refractivity contribution in [3.63, 3.8) is 0 Å². The van der Waals surface area contributed by atoms with Crippen molar-refractivity contribution < 1.29 is 4.79 Å². The highest BCUT2D eigenvalue weighted by molar-refractivity contribution is 6.30. The van der Waals surface area contributed by atoms with Gasteiger partial charge in [0, 0.05) is 29.6 Å². The Kier molecular flexibility index (Phi) is 4.20. The Balaban J connectivity index is 1.73. The molecule has 0 spiro atoms. The Morgan fingerprint density at radius 1 is 1.33 bits per heavy atom. The van der Waals surface area contributed by atoms with Gasteiger partial charge in [0.2, 0.25) is 0 Å². The number of amides is 2. The molecule has 2 N–H and O–H groups in total. The van der Waals surface area contributed by atoms with Crippen molar-refractivity contribution >= 4 is 23.3 Å². The first-order chi connectivity index (χ1) is 8.74. The molecule has 2 rings (SSSR count). The highest BCUT2D eigenvalue weighted by atomic mass is 35.5. The molecule has 0 fully saturated rings. The molecule has 2 amide bonds. The molecule has 0 saturated heterocycles. The van der Waals surface area contributed by atoms with E-state index in [0.717, 1.165) is 0 Å². The van der Waals surface area contributed by atoms with Crippen LogP contribution in [0, 0.1) is 0 Å². The quantitative estimate of drug-likeness (QED) is 0.891. The molecule has 18 heavy (non-hydrogen) atoms. The van der Waals surface area contributed by atoms with Crippen LogP contribution in [0.2, 0.25) is 5.02 Å². The van der Waals surface area contributed by atoms with Crippen molar-refractivity contribution in [2.75, 3.05) is 11.9 Å². The minimum absolute atomic E-state index is 0.246. The summed E-state index contributed by atoms with van der Waals surface area (Å²) in [7, 11) is 0. The predicted octanol–water partition coefficient (Wildman–Crippen LogP) is 2.36. The van der Waals surface area contributed by atoms with Crippen LogP contribution in [0.25, 0.3) is 0 Å². The van der Waals surface area contributed by atoms with E-state index < -0.39 is 0 Å². The first-order valence-electron chi connectivity index (χ1n) is 5.52. The number of halogens is 1. The van der Waals surface area contributed by atoms with E-state index in [4.69, 9.17) is 11.6 Å². The maximum Gasteiger partial charge on any atom is 0.319 e. The van der Waals surface area contributed by atoms with Gasteiger partial charge in [0.1, 0.15) is 0 Å². The molecule has 0 aliphatic heterocycles. The molecule has 94 valence electrons. The first kappa shape index (κ1) is 12.4. The molecule has 0 atom stereocenters. The normalized spacial score (nSPS) is 10.1. The Labute approximate surface area is 110 Å². The summed E-state index contributed by atoms with van der Waals surface area (Å²) in [6, 6.07) is 8.53. The zero-order chi connectivity index (χ0) is 12.8. The monoisotopic (exact) mass is 264 g/mol. The average Bonchev–Trinajstić information content (AvgIpc) is 2.85. The zero-order valence-electron chi connectivity index (χ0n) is 9.64. The Bertz CT molecular complexity index is 495. The van der Waals surface area contributed by atoms with Gasteiger partial charge in [-0.2, -0.15) is 5.10 Å². The van der Waals surface area contributed by atoms with Crippen molar-refractivity contribution in [1.29, 1.82) is 0 Å². The smallest absolute Gasteiger partial charge is 0.319 e. The highest BCUT2D eigenvalue weighted by Gasteiger charge is 2.00. The summed E-state index contributed by atoms with van der Waals surface area (Å²) in [5.41, 5.74) is 0.705. The molecule has 1 aromatic heterocycles. The Morgan fingerprint density at radius 3 is 2.78 bits per heavy atom. The summed E-state index contributed by atoms with van der Waals surface area (Å²) >= 11 is 5.75. The van der Waals surface area contributed by atoms with Crippen LogP contribution < -0.4 is 10.6 Å². The number of benzene rings is 1. The minimum atomic E-state index is -0.246. The van der Waals surface area contributed by atoms with Crippen LogP contribution in [0.1, 0.15) is 0 Å². The summed E-state index contributed by atoms with van der Waals surface area (Å²) in [5, 5.41) is 10.1. The highest BCUT2D eigenvalue weighted by Crippen LogP contribution is 2.12. The van der Waals surface area contributed by atoms with Crippen LogP contribution >= 0.6 is 11.6 Å². The molecule has 0 aliphatic carbocycles. The number of nitrogens with one attached hydrogen (secondary N) is 2. The third-order valence-electron chi connectivity index (χ3n) is 2.29. The first-order valence-corrected chi connectivity index (χ1v) is 5.90. The third kappa shape index (κ3) is 3.78. The van der Waals surface area contributed by atoms with Crippen LogP contribution in [0.5, 0.6) is 0 Å². The number of aromatic nitrogens is 2. The molecule has 0 saturated carbocycles. The van der Waals surface area contributed by atoms with Crippen LogP contribution in [0.4, 0.5) is 10.5 Å². The predicted molar refractivity (Wildman–Crippen MR) is 70.7 cm³/mol. The maximum absolute atomic E-state index is 11.5. The second-order valence-electron chi connectivity index (χ2n) is 3.66. The van der Waals surface area contributed by atoms with E-state index in [2.05, 4.69) is 15.7 Å². The van der Waals surface area contributed by atoms with Gasteiger partial charge in [-0.25, -0.2) is 4.79 Å². The van der Waals surface area contributed by atoms with E-state index in [0.29, 0.717) is 23.8 Å². The molecule has 1 aromatic carbocycles. The number of anilines is 1. The standard InChI is InChI=1S/C12H13ClN4O/c13-10-2-4-11(5-3-10)16-12(18)14-7-9-17-8-1-6-15-17/h1-6,8H,7,9H2,(H2,14,16,18). The summed E-state index contributed by atoms with van der Waals surface area (Å²) in [4.78, 5) is 11.5. The van der Waals surface area contributed by atoms with Crippen molar-refractivity contribution in [1.82, 2.24) is 15.1 Å². The van der Waals surface area contributed by atoms with Crippen molar-refractivity contribution in [2.45, 2.75) is 6.54 Å². The fourth-order valence-electron chi connectivity index (χ4n) is 1.43. The van der Waals surface area contributed by atoms with Gasteiger partial charge >= 0.3 is 6.03 Å². The van der Waals surface area contributed by atoms with Gasteiger partial charge in [-0.05, 0) is 30.3 Å². The molecule has 0 unspecified atom stereocenters. The summed E-state index contributed by atoms with van der Waals surface area (Å²) in [6.07, 6.45) is 3.55. The maximum atomic E-state index is 11.5. The van der Waals surface area contributed by atoms with Gasteiger partial charge in [-0.1, -0.05) is 11.6 Å². The SMILES string of the molecule is O=C(NCCn1cccn1)Nc1ccc(Cl)cc1.